The van der Waals surface area contributed by atoms with Gasteiger partial charge in [-0.15, -0.1) is 0 Å². The maximum Gasteiger partial charge on any atom is 0.184 e. The van der Waals surface area contributed by atoms with Gasteiger partial charge in [-0.25, -0.2) is 0 Å². The van der Waals surface area contributed by atoms with E-state index >= 15 is 0 Å². The lowest BCUT2D eigenvalue weighted by Crippen LogP contribution is -2.59. The Balaban J connectivity index is 2.66. The van der Waals surface area contributed by atoms with Gasteiger partial charge in [0.15, 0.2) is 6.29 Å². The van der Waals surface area contributed by atoms with Crippen LogP contribution in [0.15, 0.2) is 0 Å². The quantitative estimate of drug-likeness (QED) is 0.386. The molecule has 13 heavy (non-hydrogen) atoms. The molecule has 1 rings (SSSR count). The highest BCUT2D eigenvalue weighted by Gasteiger charge is 2.43. The number of hydrogen-bond acceptors (Lipinski definition) is 6. The van der Waals surface area contributed by atoms with Crippen LogP contribution in [0.3, 0.4) is 0 Å². The van der Waals surface area contributed by atoms with Crippen molar-refractivity contribution in [3.8, 4) is 0 Å². The molecule has 6 heteroatoms. The molecule has 5 atom stereocenters. The maximum absolute atomic E-state index is 9.38. The van der Waals surface area contributed by atoms with Crippen molar-refractivity contribution in [1.29, 1.82) is 0 Å². The molecule has 78 valence electrons. The van der Waals surface area contributed by atoms with E-state index in [9.17, 15) is 15.3 Å². The number of methoxy groups -OCH3 is 1. The van der Waals surface area contributed by atoms with Crippen LogP contribution in [0.1, 0.15) is 0 Å². The summed E-state index contributed by atoms with van der Waals surface area (Å²) in [6, 6.07) is 0. The molecule has 0 spiro atoms. The summed E-state index contributed by atoms with van der Waals surface area (Å²) < 4.78 is 9.50. The van der Waals surface area contributed by atoms with Gasteiger partial charge in [0.25, 0.3) is 0 Å². The number of rotatable bonds is 2. The summed E-state index contributed by atoms with van der Waals surface area (Å²) in [7, 11) is 1.28. The Morgan fingerprint density at radius 2 is 1.85 bits per heavy atom. The molecule has 0 aromatic carbocycles. The summed E-state index contributed by atoms with van der Waals surface area (Å²) in [4.78, 5) is 0. The summed E-state index contributed by atoms with van der Waals surface area (Å²) in [6.07, 6.45) is -5.81. The van der Waals surface area contributed by atoms with Crippen molar-refractivity contribution in [2.45, 2.75) is 30.7 Å². The molecule has 0 amide bonds. The number of aliphatic hydroxyl groups is 4. The van der Waals surface area contributed by atoms with Crippen LogP contribution in [-0.2, 0) is 9.47 Å². The van der Waals surface area contributed by atoms with Crippen LogP contribution in [0.4, 0.5) is 0 Å². The first-order chi connectivity index (χ1) is 6.11. The average molecular weight is 194 g/mol. The lowest BCUT2D eigenvalue weighted by Gasteiger charge is -2.39. The summed E-state index contributed by atoms with van der Waals surface area (Å²) in [5, 5.41) is 36.7. The summed E-state index contributed by atoms with van der Waals surface area (Å²) >= 11 is 0. The molecule has 6 nitrogen and oxygen atoms in total. The Bertz CT molecular complexity index is 163. The molecule has 0 aromatic rings. The summed E-state index contributed by atoms with van der Waals surface area (Å²) in [5.74, 6) is 0. The Hall–Kier alpha value is -0.240. The van der Waals surface area contributed by atoms with Gasteiger partial charge >= 0.3 is 0 Å². The van der Waals surface area contributed by atoms with Crippen LogP contribution < -0.4 is 0 Å². The number of hydrogen-bond donors (Lipinski definition) is 4. The summed E-state index contributed by atoms with van der Waals surface area (Å²) in [6.45, 7) is -0.467. The standard InChI is InChI=1S/C7H14O6/c1-12-6-5(10)4(9)3(2-8)13-7(6)11/h3-11H,2H2,1H3/t3?,4-,5+,6?,7?/m1/s1. The lowest BCUT2D eigenvalue weighted by molar-refractivity contribution is -0.291. The van der Waals surface area contributed by atoms with E-state index in [1.807, 2.05) is 0 Å². The second-order valence-electron chi connectivity index (χ2n) is 2.93. The van der Waals surface area contributed by atoms with Crippen LogP contribution in [-0.4, -0.2) is 64.8 Å². The minimum atomic E-state index is -1.33. The van der Waals surface area contributed by atoms with Crippen molar-refractivity contribution in [3.63, 3.8) is 0 Å². The van der Waals surface area contributed by atoms with E-state index < -0.39 is 37.3 Å². The van der Waals surface area contributed by atoms with Gasteiger partial charge in [0, 0.05) is 7.11 Å². The molecule has 4 N–H and O–H groups in total. The van der Waals surface area contributed by atoms with Gasteiger partial charge in [-0.2, -0.15) is 0 Å². The van der Waals surface area contributed by atoms with Crippen molar-refractivity contribution in [3.05, 3.63) is 0 Å². The van der Waals surface area contributed by atoms with Crippen LogP contribution >= 0.6 is 0 Å². The van der Waals surface area contributed by atoms with E-state index in [0.29, 0.717) is 0 Å². The van der Waals surface area contributed by atoms with Crippen molar-refractivity contribution in [1.82, 2.24) is 0 Å². The van der Waals surface area contributed by atoms with Crippen molar-refractivity contribution >= 4 is 0 Å². The third-order valence-corrected chi connectivity index (χ3v) is 2.11. The normalized spacial score (nSPS) is 46.4. The number of aliphatic hydroxyl groups excluding tert-OH is 4. The first-order valence-electron chi connectivity index (χ1n) is 3.95. The van der Waals surface area contributed by atoms with Gasteiger partial charge in [0.1, 0.15) is 24.4 Å². The van der Waals surface area contributed by atoms with Crippen LogP contribution in [0.5, 0.6) is 0 Å². The highest BCUT2D eigenvalue weighted by atomic mass is 16.7. The second-order valence-corrected chi connectivity index (χ2v) is 2.93. The van der Waals surface area contributed by atoms with E-state index in [-0.39, 0.29) is 0 Å². The van der Waals surface area contributed by atoms with Gasteiger partial charge in [0.05, 0.1) is 6.61 Å². The molecule has 3 unspecified atom stereocenters. The van der Waals surface area contributed by atoms with E-state index in [0.717, 1.165) is 0 Å². The molecule has 1 fully saturated rings. The second kappa shape index (κ2) is 4.32. The van der Waals surface area contributed by atoms with Crippen molar-refractivity contribution in [2.24, 2.45) is 0 Å². The minimum Gasteiger partial charge on any atom is -0.394 e. The predicted molar refractivity (Wildman–Crippen MR) is 40.8 cm³/mol. The molecule has 0 aliphatic carbocycles. The highest BCUT2D eigenvalue weighted by molar-refractivity contribution is 4.88. The molecule has 1 aliphatic rings. The Morgan fingerprint density at radius 3 is 2.31 bits per heavy atom. The lowest BCUT2D eigenvalue weighted by atomic mass is 9.99. The molecule has 1 aliphatic heterocycles. The van der Waals surface area contributed by atoms with Gasteiger partial charge in [-0.1, -0.05) is 0 Å². The van der Waals surface area contributed by atoms with Crippen molar-refractivity contribution in [2.75, 3.05) is 13.7 Å². The Labute approximate surface area is 75.3 Å². The molecule has 1 saturated heterocycles. The molecule has 0 radical (unpaired) electrons. The minimum absolute atomic E-state index is 0.467. The molecule has 0 bridgehead atoms. The van der Waals surface area contributed by atoms with Gasteiger partial charge in [-0.05, 0) is 0 Å². The maximum atomic E-state index is 9.38. The van der Waals surface area contributed by atoms with Crippen molar-refractivity contribution < 1.29 is 29.9 Å². The SMILES string of the molecule is COC1C(O)OC(CO)[C@@H](O)[C@@H]1O. The Kier molecular flexibility index (Phi) is 3.60. The van der Waals surface area contributed by atoms with Gasteiger partial charge in [0.2, 0.25) is 0 Å². The predicted octanol–water partition coefficient (Wildman–Crippen LogP) is -2.57. The third kappa shape index (κ3) is 1.98. The Morgan fingerprint density at radius 1 is 1.23 bits per heavy atom. The van der Waals surface area contributed by atoms with E-state index in [1.54, 1.807) is 0 Å². The largest absolute Gasteiger partial charge is 0.394 e. The van der Waals surface area contributed by atoms with Crippen LogP contribution in [0.2, 0.25) is 0 Å². The first kappa shape index (κ1) is 10.8. The molecular weight excluding hydrogens is 180 g/mol. The monoisotopic (exact) mass is 194 g/mol. The smallest absolute Gasteiger partial charge is 0.184 e. The third-order valence-electron chi connectivity index (χ3n) is 2.11. The van der Waals surface area contributed by atoms with E-state index in [4.69, 9.17) is 14.6 Å². The zero-order valence-electron chi connectivity index (χ0n) is 7.20. The average Bonchev–Trinajstić information content (AvgIpc) is 2.12. The fourth-order valence-corrected chi connectivity index (χ4v) is 1.33. The zero-order valence-corrected chi connectivity index (χ0v) is 7.20. The fraction of sp³-hybridized carbons (Fsp3) is 1.00. The van der Waals surface area contributed by atoms with Gasteiger partial charge in [-0.3, -0.25) is 0 Å². The molecular formula is C7H14O6. The molecule has 0 saturated carbocycles. The topological polar surface area (TPSA) is 99.4 Å². The van der Waals surface area contributed by atoms with Crippen LogP contribution in [0.25, 0.3) is 0 Å². The van der Waals surface area contributed by atoms with Gasteiger partial charge < -0.3 is 29.9 Å². The molecule has 1 heterocycles. The fourth-order valence-electron chi connectivity index (χ4n) is 1.33. The van der Waals surface area contributed by atoms with Crippen LogP contribution in [0, 0.1) is 0 Å². The molecule has 0 aromatic heterocycles. The highest BCUT2D eigenvalue weighted by Crippen LogP contribution is 2.21. The first-order valence-corrected chi connectivity index (χ1v) is 3.95. The van der Waals surface area contributed by atoms with E-state index in [2.05, 4.69) is 0 Å². The summed E-state index contributed by atoms with van der Waals surface area (Å²) in [5.41, 5.74) is 0. The zero-order chi connectivity index (χ0) is 10.0. The van der Waals surface area contributed by atoms with E-state index in [1.165, 1.54) is 7.11 Å². The number of ether oxygens (including phenoxy) is 2.